The van der Waals surface area contributed by atoms with Gasteiger partial charge in [-0.1, -0.05) is 6.92 Å². The van der Waals surface area contributed by atoms with E-state index in [0.717, 1.165) is 44.1 Å². The largest absolute Gasteiger partial charge is 0.465 e. The van der Waals surface area contributed by atoms with Crippen LogP contribution in [0.2, 0.25) is 0 Å². The maximum Gasteiger partial charge on any atom is 0.337 e. The average molecular weight is 368 g/mol. The van der Waals surface area contributed by atoms with Gasteiger partial charge in [0, 0.05) is 38.1 Å². The van der Waals surface area contributed by atoms with Crippen LogP contribution in [0.5, 0.6) is 0 Å². The lowest BCUT2D eigenvalue weighted by atomic mass is 10.2. The molecule has 7 nitrogen and oxygen atoms in total. The Morgan fingerprint density at radius 1 is 1.04 bits per heavy atom. The van der Waals surface area contributed by atoms with Crippen molar-refractivity contribution in [2.24, 2.45) is 0 Å². The Morgan fingerprint density at radius 2 is 1.74 bits per heavy atom. The van der Waals surface area contributed by atoms with Crippen molar-refractivity contribution in [3.63, 3.8) is 0 Å². The molecular formula is C20H24N4O3. The Bertz CT molecular complexity index is 799. The third kappa shape index (κ3) is 4.62. The van der Waals surface area contributed by atoms with E-state index in [9.17, 15) is 9.59 Å². The summed E-state index contributed by atoms with van der Waals surface area (Å²) < 4.78 is 4.69. The van der Waals surface area contributed by atoms with Crippen molar-refractivity contribution in [1.29, 1.82) is 0 Å². The summed E-state index contributed by atoms with van der Waals surface area (Å²) in [6, 6.07) is 8.73. The number of aromatic nitrogens is 1. The number of rotatable bonds is 5. The number of anilines is 2. The lowest BCUT2D eigenvalue weighted by Gasteiger charge is -2.34. The first-order valence-electron chi connectivity index (χ1n) is 9.02. The number of hydrogen-bond acceptors (Lipinski definition) is 6. The van der Waals surface area contributed by atoms with Gasteiger partial charge in [-0.25, -0.2) is 4.79 Å². The van der Waals surface area contributed by atoms with E-state index in [1.54, 1.807) is 42.7 Å². The number of hydrogen-bond donors (Lipinski definition) is 1. The quantitative estimate of drug-likeness (QED) is 0.817. The normalized spacial score (nSPS) is 14.7. The highest BCUT2D eigenvalue weighted by Gasteiger charge is 2.21. The molecule has 1 aliphatic heterocycles. The zero-order chi connectivity index (χ0) is 19.2. The number of piperazine rings is 1. The lowest BCUT2D eigenvalue weighted by Crippen LogP contribution is -2.48. The molecular weight excluding hydrogens is 344 g/mol. The van der Waals surface area contributed by atoms with E-state index in [0.29, 0.717) is 11.1 Å². The number of methoxy groups -OCH3 is 1. The van der Waals surface area contributed by atoms with Crippen LogP contribution in [0, 0.1) is 0 Å². The van der Waals surface area contributed by atoms with E-state index in [4.69, 9.17) is 4.74 Å². The van der Waals surface area contributed by atoms with Crippen LogP contribution in [0.3, 0.4) is 0 Å². The summed E-state index contributed by atoms with van der Waals surface area (Å²) in [7, 11) is 1.35. The van der Waals surface area contributed by atoms with Crippen molar-refractivity contribution >= 4 is 23.3 Å². The van der Waals surface area contributed by atoms with Crippen molar-refractivity contribution in [3.05, 3.63) is 53.9 Å². The van der Waals surface area contributed by atoms with E-state index in [1.807, 2.05) is 4.90 Å². The molecule has 0 saturated carbocycles. The second-order valence-corrected chi connectivity index (χ2v) is 6.38. The molecule has 2 aromatic rings. The van der Waals surface area contributed by atoms with Crippen LogP contribution in [0.25, 0.3) is 0 Å². The molecule has 0 radical (unpaired) electrons. The van der Waals surface area contributed by atoms with Crippen LogP contribution < -0.4 is 5.32 Å². The summed E-state index contributed by atoms with van der Waals surface area (Å²) in [4.78, 5) is 32.6. The summed E-state index contributed by atoms with van der Waals surface area (Å²) >= 11 is 0. The second kappa shape index (κ2) is 8.64. The molecule has 2 heterocycles. The molecule has 0 aliphatic carbocycles. The van der Waals surface area contributed by atoms with Crippen molar-refractivity contribution in [3.8, 4) is 0 Å². The van der Waals surface area contributed by atoms with Crippen molar-refractivity contribution in [1.82, 2.24) is 14.8 Å². The summed E-state index contributed by atoms with van der Waals surface area (Å²) in [6.45, 7) is 6.42. The van der Waals surface area contributed by atoms with Crippen molar-refractivity contribution < 1.29 is 14.3 Å². The highest BCUT2D eigenvalue weighted by atomic mass is 16.5. The Balaban J connectivity index is 1.66. The molecule has 1 saturated heterocycles. The van der Waals surface area contributed by atoms with Gasteiger partial charge in [0.1, 0.15) is 0 Å². The van der Waals surface area contributed by atoms with Gasteiger partial charge in [-0.05, 0) is 36.9 Å². The number of ether oxygens (including phenoxy) is 1. The number of esters is 1. The highest BCUT2D eigenvalue weighted by molar-refractivity contribution is 5.95. The molecule has 3 rings (SSSR count). The number of benzene rings is 1. The molecule has 1 amide bonds. The monoisotopic (exact) mass is 368 g/mol. The molecule has 1 aliphatic rings. The number of likely N-dealkylation sites (N-methyl/N-ethyl adjacent to an activating group) is 1. The predicted octanol–water partition coefficient (Wildman–Crippen LogP) is 2.39. The predicted molar refractivity (Wildman–Crippen MR) is 103 cm³/mol. The molecule has 1 N–H and O–H groups in total. The van der Waals surface area contributed by atoms with Crippen LogP contribution in [0.15, 0.2) is 42.7 Å². The van der Waals surface area contributed by atoms with Gasteiger partial charge in [0.15, 0.2) is 0 Å². The first kappa shape index (κ1) is 18.8. The number of amides is 1. The van der Waals surface area contributed by atoms with Gasteiger partial charge >= 0.3 is 5.97 Å². The van der Waals surface area contributed by atoms with Gasteiger partial charge in [0.05, 0.1) is 30.1 Å². The Kier molecular flexibility index (Phi) is 6.03. The number of nitrogens with one attached hydrogen (secondary N) is 1. The van der Waals surface area contributed by atoms with Gasteiger partial charge in [-0.3, -0.25) is 9.78 Å². The molecule has 142 valence electrons. The smallest absolute Gasteiger partial charge is 0.337 e. The van der Waals surface area contributed by atoms with Crippen LogP contribution in [0.4, 0.5) is 11.4 Å². The fraction of sp³-hybridized carbons (Fsp3) is 0.350. The van der Waals surface area contributed by atoms with Gasteiger partial charge in [-0.15, -0.1) is 0 Å². The molecule has 0 unspecified atom stereocenters. The number of nitrogens with zero attached hydrogens (tertiary/aromatic N) is 3. The minimum atomic E-state index is -0.376. The maximum absolute atomic E-state index is 12.7. The average Bonchev–Trinajstić information content (AvgIpc) is 2.73. The molecule has 1 aromatic heterocycles. The fourth-order valence-corrected chi connectivity index (χ4v) is 3.05. The van der Waals surface area contributed by atoms with E-state index in [2.05, 4.69) is 22.1 Å². The summed E-state index contributed by atoms with van der Waals surface area (Å²) in [5.74, 6) is -0.373. The molecule has 1 aromatic carbocycles. The first-order chi connectivity index (χ1) is 13.1. The summed E-state index contributed by atoms with van der Waals surface area (Å²) in [6.07, 6.45) is 3.26. The number of pyridine rings is 1. The molecule has 0 bridgehead atoms. The molecule has 27 heavy (non-hydrogen) atoms. The van der Waals surface area contributed by atoms with Crippen LogP contribution in [0.1, 0.15) is 27.6 Å². The molecule has 7 heteroatoms. The second-order valence-electron chi connectivity index (χ2n) is 6.38. The maximum atomic E-state index is 12.7. The summed E-state index contributed by atoms with van der Waals surface area (Å²) in [5, 5.41) is 3.21. The molecule has 0 atom stereocenters. The Morgan fingerprint density at radius 3 is 2.37 bits per heavy atom. The van der Waals surface area contributed by atoms with Crippen LogP contribution in [-0.4, -0.2) is 66.5 Å². The Hall–Kier alpha value is -2.93. The third-order valence-electron chi connectivity index (χ3n) is 4.69. The van der Waals surface area contributed by atoms with Gasteiger partial charge in [-0.2, -0.15) is 0 Å². The number of carbonyl (C=O) groups excluding carboxylic acids is 2. The molecule has 0 spiro atoms. The number of carbonyl (C=O) groups is 2. The Labute approximate surface area is 158 Å². The van der Waals surface area contributed by atoms with E-state index >= 15 is 0 Å². The zero-order valence-electron chi connectivity index (χ0n) is 15.6. The highest BCUT2D eigenvalue weighted by Crippen LogP contribution is 2.19. The van der Waals surface area contributed by atoms with Crippen molar-refractivity contribution in [2.75, 3.05) is 45.2 Å². The fourth-order valence-electron chi connectivity index (χ4n) is 3.05. The third-order valence-corrected chi connectivity index (χ3v) is 4.69. The molecule has 1 fully saturated rings. The van der Waals surface area contributed by atoms with Gasteiger partial charge in [0.2, 0.25) is 0 Å². The van der Waals surface area contributed by atoms with E-state index in [1.165, 1.54) is 7.11 Å². The first-order valence-corrected chi connectivity index (χ1v) is 9.02. The summed E-state index contributed by atoms with van der Waals surface area (Å²) in [5.41, 5.74) is 2.57. The zero-order valence-corrected chi connectivity index (χ0v) is 15.6. The standard InChI is InChI=1S/C20H24N4O3/c1-3-23-8-10-24(11-9-23)19(25)16-12-18(14-21-13-16)22-17-6-4-15(5-7-17)20(26)27-2/h4-7,12-14,22H,3,8-11H2,1-2H3. The topological polar surface area (TPSA) is 74.8 Å². The van der Waals surface area contributed by atoms with Crippen LogP contribution >= 0.6 is 0 Å². The minimum Gasteiger partial charge on any atom is -0.465 e. The van der Waals surface area contributed by atoms with Crippen molar-refractivity contribution in [2.45, 2.75) is 6.92 Å². The van der Waals surface area contributed by atoms with Gasteiger partial charge in [0.25, 0.3) is 5.91 Å². The van der Waals surface area contributed by atoms with Crippen LogP contribution in [-0.2, 0) is 4.74 Å². The van der Waals surface area contributed by atoms with E-state index in [-0.39, 0.29) is 11.9 Å². The SMILES string of the molecule is CCN1CCN(C(=O)c2cncc(Nc3ccc(C(=O)OC)cc3)c2)CC1. The van der Waals surface area contributed by atoms with E-state index < -0.39 is 0 Å². The minimum absolute atomic E-state index is 0.00272. The lowest BCUT2D eigenvalue weighted by molar-refractivity contribution is 0.0599. The van der Waals surface area contributed by atoms with Gasteiger partial charge < -0.3 is 19.9 Å².